The van der Waals surface area contributed by atoms with Crippen molar-refractivity contribution in [2.45, 2.75) is 50.7 Å². The number of amides is 2. The highest BCUT2D eigenvalue weighted by atomic mass is 16.5. The highest BCUT2D eigenvalue weighted by molar-refractivity contribution is 5.94. The van der Waals surface area contributed by atoms with Crippen LogP contribution in [0.4, 0.5) is 0 Å². The smallest absolute Gasteiger partial charge is 0.254 e. The van der Waals surface area contributed by atoms with Gasteiger partial charge in [-0.25, -0.2) is 0 Å². The van der Waals surface area contributed by atoms with Crippen LogP contribution in [0.3, 0.4) is 0 Å². The number of benzene rings is 1. The highest BCUT2D eigenvalue weighted by Gasteiger charge is 2.27. The molecule has 7 heteroatoms. The van der Waals surface area contributed by atoms with Gasteiger partial charge in [-0.15, -0.1) is 0 Å². The van der Waals surface area contributed by atoms with Crippen LogP contribution in [0.15, 0.2) is 24.3 Å². The lowest BCUT2D eigenvalue weighted by atomic mass is 9.98. The molecule has 2 heterocycles. The van der Waals surface area contributed by atoms with Crippen molar-refractivity contribution in [1.82, 2.24) is 9.80 Å². The molecule has 30 heavy (non-hydrogen) atoms. The Morgan fingerprint density at radius 3 is 2.37 bits per heavy atom. The van der Waals surface area contributed by atoms with Crippen molar-refractivity contribution in [3.05, 3.63) is 29.8 Å². The van der Waals surface area contributed by atoms with E-state index in [0.717, 1.165) is 44.4 Å². The van der Waals surface area contributed by atoms with Crippen molar-refractivity contribution >= 4 is 11.8 Å². The lowest BCUT2D eigenvalue weighted by molar-refractivity contribution is -0.136. The van der Waals surface area contributed by atoms with E-state index in [9.17, 15) is 9.59 Å². The average Bonchev–Trinajstić information content (AvgIpc) is 2.78. The molecule has 1 aromatic carbocycles. The van der Waals surface area contributed by atoms with Crippen LogP contribution in [0.25, 0.3) is 0 Å². The van der Waals surface area contributed by atoms with E-state index < -0.39 is 0 Å². The van der Waals surface area contributed by atoms with Crippen LogP contribution in [-0.4, -0.2) is 80.8 Å². The largest absolute Gasteiger partial charge is 0.490 e. The van der Waals surface area contributed by atoms with Gasteiger partial charge in [0.2, 0.25) is 5.91 Å². The first-order chi connectivity index (χ1) is 14.6. The number of ether oxygens (including phenoxy) is 3. The lowest BCUT2D eigenvalue weighted by Crippen LogP contribution is -2.44. The molecule has 2 amide bonds. The number of carbonyl (C=O) groups excluding carboxylic acids is 2. The van der Waals surface area contributed by atoms with E-state index in [4.69, 9.17) is 14.2 Å². The van der Waals surface area contributed by atoms with E-state index in [1.165, 1.54) is 13.5 Å². The number of hydrogen-bond acceptors (Lipinski definition) is 5. The summed E-state index contributed by atoms with van der Waals surface area (Å²) in [4.78, 5) is 28.7. The molecule has 0 spiro atoms. The minimum absolute atomic E-state index is 0.0281. The molecule has 0 N–H and O–H groups in total. The Kier molecular flexibility index (Phi) is 8.51. The monoisotopic (exact) mass is 418 g/mol. The number of rotatable bonds is 8. The van der Waals surface area contributed by atoms with E-state index in [1.807, 2.05) is 34.1 Å². The van der Waals surface area contributed by atoms with Gasteiger partial charge in [0, 0.05) is 64.9 Å². The topological polar surface area (TPSA) is 68.3 Å². The zero-order valence-electron chi connectivity index (χ0n) is 18.2. The first-order valence-corrected chi connectivity index (χ1v) is 11.0. The van der Waals surface area contributed by atoms with Gasteiger partial charge in [-0.05, 0) is 49.9 Å². The second-order valence-corrected chi connectivity index (χ2v) is 8.09. The SMILES string of the molecule is COCC[C@@H]1CCCCN1C(=O)c1ccc(OC2CCN(C(=O)COC)CC2)cc1. The van der Waals surface area contributed by atoms with Gasteiger partial charge < -0.3 is 24.0 Å². The van der Waals surface area contributed by atoms with Crippen LogP contribution in [0, 0.1) is 0 Å². The zero-order chi connectivity index (χ0) is 21.3. The van der Waals surface area contributed by atoms with Crippen LogP contribution in [0.1, 0.15) is 48.9 Å². The molecule has 7 nitrogen and oxygen atoms in total. The summed E-state index contributed by atoms with van der Waals surface area (Å²) in [6, 6.07) is 7.73. The van der Waals surface area contributed by atoms with Crippen molar-refractivity contribution in [1.29, 1.82) is 0 Å². The third-order valence-electron chi connectivity index (χ3n) is 6.01. The summed E-state index contributed by atoms with van der Waals surface area (Å²) in [6.45, 7) is 2.98. The summed E-state index contributed by atoms with van der Waals surface area (Å²) in [5, 5.41) is 0. The zero-order valence-corrected chi connectivity index (χ0v) is 18.2. The molecule has 0 bridgehead atoms. The molecule has 2 aliphatic rings. The normalized spacial score (nSPS) is 20.3. The Balaban J connectivity index is 1.52. The summed E-state index contributed by atoms with van der Waals surface area (Å²) >= 11 is 0. The maximum atomic E-state index is 13.0. The molecule has 0 unspecified atom stereocenters. The molecular weight excluding hydrogens is 384 g/mol. The first kappa shape index (κ1) is 22.6. The van der Waals surface area contributed by atoms with Crippen molar-refractivity contribution < 1.29 is 23.8 Å². The number of nitrogens with zero attached hydrogens (tertiary/aromatic N) is 2. The number of likely N-dealkylation sites (tertiary alicyclic amines) is 2. The van der Waals surface area contributed by atoms with Gasteiger partial charge in [0.25, 0.3) is 5.91 Å². The number of hydrogen-bond donors (Lipinski definition) is 0. The fourth-order valence-electron chi connectivity index (χ4n) is 4.29. The average molecular weight is 419 g/mol. The van der Waals surface area contributed by atoms with Gasteiger partial charge in [0.05, 0.1) is 0 Å². The van der Waals surface area contributed by atoms with E-state index in [0.29, 0.717) is 25.3 Å². The van der Waals surface area contributed by atoms with E-state index >= 15 is 0 Å². The van der Waals surface area contributed by atoms with Gasteiger partial charge in [-0.3, -0.25) is 9.59 Å². The molecule has 0 saturated carbocycles. The van der Waals surface area contributed by atoms with Crippen LogP contribution >= 0.6 is 0 Å². The van der Waals surface area contributed by atoms with E-state index in [-0.39, 0.29) is 30.6 Å². The third kappa shape index (κ3) is 5.95. The first-order valence-electron chi connectivity index (χ1n) is 11.0. The van der Waals surface area contributed by atoms with Gasteiger partial charge in [0.1, 0.15) is 18.5 Å². The van der Waals surface area contributed by atoms with Gasteiger partial charge in [-0.1, -0.05) is 0 Å². The summed E-state index contributed by atoms with van der Waals surface area (Å²) in [5.74, 6) is 0.885. The fourth-order valence-corrected chi connectivity index (χ4v) is 4.29. The van der Waals surface area contributed by atoms with E-state index in [2.05, 4.69) is 0 Å². The predicted octanol–water partition coefficient (Wildman–Crippen LogP) is 2.73. The number of methoxy groups -OCH3 is 2. The molecule has 0 aliphatic carbocycles. The van der Waals surface area contributed by atoms with Crippen molar-refractivity contribution in [2.24, 2.45) is 0 Å². The minimum Gasteiger partial charge on any atom is -0.490 e. The molecule has 2 aliphatic heterocycles. The van der Waals surface area contributed by atoms with Gasteiger partial charge in [0.15, 0.2) is 0 Å². The van der Waals surface area contributed by atoms with Crippen LogP contribution in [0.2, 0.25) is 0 Å². The van der Waals surface area contributed by atoms with Crippen molar-refractivity contribution in [3.63, 3.8) is 0 Å². The van der Waals surface area contributed by atoms with Crippen molar-refractivity contribution in [2.75, 3.05) is 47.1 Å². The Bertz CT molecular complexity index is 685. The minimum atomic E-state index is 0.0281. The standard InChI is InChI=1S/C23H34N2O5/c1-28-16-12-19-5-3-4-13-25(19)23(27)18-6-8-20(9-7-18)30-21-10-14-24(15-11-21)22(26)17-29-2/h6-9,19,21H,3-5,10-17H2,1-2H3/t19-/m0/s1. The van der Waals surface area contributed by atoms with Crippen LogP contribution in [0.5, 0.6) is 5.75 Å². The predicted molar refractivity (Wildman–Crippen MR) is 114 cm³/mol. The number of carbonyl (C=O) groups is 2. The van der Waals surface area contributed by atoms with Crippen LogP contribution < -0.4 is 4.74 Å². The van der Waals surface area contributed by atoms with Gasteiger partial charge >= 0.3 is 0 Å². The lowest BCUT2D eigenvalue weighted by Gasteiger charge is -2.36. The molecule has 166 valence electrons. The highest BCUT2D eigenvalue weighted by Crippen LogP contribution is 2.24. The maximum Gasteiger partial charge on any atom is 0.254 e. The Labute approximate surface area is 179 Å². The summed E-state index contributed by atoms with van der Waals surface area (Å²) in [6.07, 6.45) is 5.83. The van der Waals surface area contributed by atoms with Gasteiger partial charge in [-0.2, -0.15) is 0 Å². The van der Waals surface area contributed by atoms with E-state index in [1.54, 1.807) is 7.11 Å². The molecule has 2 fully saturated rings. The van der Waals surface area contributed by atoms with Crippen LogP contribution in [-0.2, 0) is 14.3 Å². The molecule has 0 aromatic heterocycles. The summed E-state index contributed by atoms with van der Waals surface area (Å²) in [7, 11) is 3.24. The molecule has 2 saturated heterocycles. The molecule has 1 aromatic rings. The second kappa shape index (κ2) is 11.3. The maximum absolute atomic E-state index is 13.0. The Morgan fingerprint density at radius 2 is 1.70 bits per heavy atom. The second-order valence-electron chi connectivity index (χ2n) is 8.09. The third-order valence-corrected chi connectivity index (χ3v) is 6.01. The quantitative estimate of drug-likeness (QED) is 0.649. The number of piperidine rings is 2. The fraction of sp³-hybridized carbons (Fsp3) is 0.652. The molecule has 3 rings (SSSR count). The molecule has 0 radical (unpaired) electrons. The molecular formula is C23H34N2O5. The Morgan fingerprint density at radius 1 is 0.967 bits per heavy atom. The molecule has 1 atom stereocenters. The summed E-state index contributed by atoms with van der Waals surface area (Å²) in [5.41, 5.74) is 0.701. The Hall–Kier alpha value is -2.12. The summed E-state index contributed by atoms with van der Waals surface area (Å²) < 4.78 is 16.2. The van der Waals surface area contributed by atoms with Crippen molar-refractivity contribution in [3.8, 4) is 5.75 Å².